The number of carboxylic acids is 1. The third kappa shape index (κ3) is 3.04. The van der Waals surface area contributed by atoms with E-state index in [0.29, 0.717) is 0 Å². The van der Waals surface area contributed by atoms with Crippen molar-refractivity contribution in [3.05, 3.63) is 33.8 Å². The molecule has 0 bridgehead atoms. The normalized spacial score (nSPS) is 12.5. The number of carbonyl (C=O) groups is 1. The number of aliphatic carboxylic acids is 1. The van der Waals surface area contributed by atoms with Gasteiger partial charge < -0.3 is 10.2 Å². The Labute approximate surface area is 96.9 Å². The van der Waals surface area contributed by atoms with E-state index in [4.69, 9.17) is 10.2 Å². The van der Waals surface area contributed by atoms with Crippen LogP contribution in [-0.2, 0) is 4.79 Å². The van der Waals surface area contributed by atoms with Gasteiger partial charge in [-0.3, -0.25) is 4.79 Å². The first kappa shape index (κ1) is 12.2. The van der Waals surface area contributed by atoms with E-state index in [1.54, 1.807) is 6.07 Å². The Hall–Kier alpha value is -0.870. The lowest BCUT2D eigenvalue weighted by Crippen LogP contribution is -2.14. The van der Waals surface area contributed by atoms with Crippen LogP contribution in [0.1, 0.15) is 23.5 Å². The lowest BCUT2D eigenvalue weighted by molar-refractivity contribution is -0.139. The highest BCUT2D eigenvalue weighted by molar-refractivity contribution is 9.10. The molecule has 1 rings (SSSR count). The molecule has 2 N–H and O–H groups in total. The standard InChI is InChI=1S/C11H13BrO3/c1-7-2-3-8(12)6-10(7)9(4-5-13)11(14)15/h2-3,6,9,13H,4-5H2,1H3,(H,14,15). The zero-order valence-corrected chi connectivity index (χ0v) is 9.99. The molecule has 0 heterocycles. The van der Waals surface area contributed by atoms with E-state index in [1.807, 2.05) is 19.1 Å². The van der Waals surface area contributed by atoms with Gasteiger partial charge in [-0.15, -0.1) is 0 Å². The van der Waals surface area contributed by atoms with E-state index in [-0.39, 0.29) is 13.0 Å². The zero-order valence-electron chi connectivity index (χ0n) is 8.40. The Morgan fingerprint density at radius 3 is 2.73 bits per heavy atom. The van der Waals surface area contributed by atoms with Crippen LogP contribution in [0.5, 0.6) is 0 Å². The van der Waals surface area contributed by atoms with Gasteiger partial charge in [-0.2, -0.15) is 0 Å². The Kier molecular flexibility index (Phi) is 4.29. The van der Waals surface area contributed by atoms with Gasteiger partial charge in [0.25, 0.3) is 0 Å². The maximum absolute atomic E-state index is 11.0. The number of aryl methyl sites for hydroxylation is 1. The molecule has 3 nitrogen and oxygen atoms in total. The summed E-state index contributed by atoms with van der Waals surface area (Å²) in [5, 5.41) is 17.9. The Morgan fingerprint density at radius 2 is 2.20 bits per heavy atom. The summed E-state index contributed by atoms with van der Waals surface area (Å²) in [6, 6.07) is 5.53. The minimum atomic E-state index is -0.898. The quantitative estimate of drug-likeness (QED) is 0.885. The average Bonchev–Trinajstić information content (AvgIpc) is 2.18. The molecule has 1 aromatic rings. The van der Waals surface area contributed by atoms with Crippen molar-refractivity contribution in [2.24, 2.45) is 0 Å². The number of aliphatic hydroxyl groups is 1. The average molecular weight is 273 g/mol. The molecule has 1 atom stereocenters. The highest BCUT2D eigenvalue weighted by Gasteiger charge is 2.20. The predicted octanol–water partition coefficient (Wildman–Crippen LogP) is 2.31. The molecule has 0 aliphatic rings. The summed E-state index contributed by atoms with van der Waals surface area (Å²) in [4.78, 5) is 11.0. The summed E-state index contributed by atoms with van der Waals surface area (Å²) in [6.45, 7) is 1.75. The smallest absolute Gasteiger partial charge is 0.311 e. The van der Waals surface area contributed by atoms with Crippen LogP contribution in [0.4, 0.5) is 0 Å². The fraction of sp³-hybridized carbons (Fsp3) is 0.364. The predicted molar refractivity (Wildman–Crippen MR) is 61.0 cm³/mol. The van der Waals surface area contributed by atoms with Crippen LogP contribution in [0.3, 0.4) is 0 Å². The molecule has 0 saturated heterocycles. The van der Waals surface area contributed by atoms with Gasteiger partial charge >= 0.3 is 5.97 Å². The molecule has 0 aliphatic carbocycles. The Morgan fingerprint density at radius 1 is 1.53 bits per heavy atom. The first-order valence-electron chi connectivity index (χ1n) is 4.66. The number of rotatable bonds is 4. The van der Waals surface area contributed by atoms with Crippen molar-refractivity contribution in [2.75, 3.05) is 6.61 Å². The number of aliphatic hydroxyl groups excluding tert-OH is 1. The highest BCUT2D eigenvalue weighted by atomic mass is 79.9. The van der Waals surface area contributed by atoms with E-state index in [2.05, 4.69) is 15.9 Å². The third-order valence-electron chi connectivity index (χ3n) is 2.33. The summed E-state index contributed by atoms with van der Waals surface area (Å²) in [5.74, 6) is -1.53. The van der Waals surface area contributed by atoms with Crippen LogP contribution in [0.15, 0.2) is 22.7 Å². The summed E-state index contributed by atoms with van der Waals surface area (Å²) in [7, 11) is 0. The van der Waals surface area contributed by atoms with Crippen LogP contribution in [0.25, 0.3) is 0 Å². The van der Waals surface area contributed by atoms with Gasteiger partial charge in [0.05, 0.1) is 5.92 Å². The summed E-state index contributed by atoms with van der Waals surface area (Å²) in [5.41, 5.74) is 1.69. The molecule has 1 unspecified atom stereocenters. The van der Waals surface area contributed by atoms with Crippen LogP contribution < -0.4 is 0 Å². The highest BCUT2D eigenvalue weighted by Crippen LogP contribution is 2.26. The maximum atomic E-state index is 11.0. The number of benzene rings is 1. The van der Waals surface area contributed by atoms with Crippen molar-refractivity contribution in [1.29, 1.82) is 0 Å². The fourth-order valence-corrected chi connectivity index (χ4v) is 1.91. The van der Waals surface area contributed by atoms with E-state index in [9.17, 15) is 4.79 Å². The summed E-state index contributed by atoms with van der Waals surface area (Å²) in [6.07, 6.45) is 0.243. The van der Waals surface area contributed by atoms with Crippen molar-refractivity contribution >= 4 is 21.9 Å². The van der Waals surface area contributed by atoms with E-state index in [0.717, 1.165) is 15.6 Å². The lowest BCUT2D eigenvalue weighted by atomic mass is 9.92. The fourth-order valence-electron chi connectivity index (χ4n) is 1.53. The van der Waals surface area contributed by atoms with Gasteiger partial charge in [0, 0.05) is 11.1 Å². The van der Waals surface area contributed by atoms with Crippen LogP contribution >= 0.6 is 15.9 Å². The molecule has 0 aliphatic heterocycles. The van der Waals surface area contributed by atoms with Crippen LogP contribution in [-0.4, -0.2) is 22.8 Å². The number of carboxylic acid groups (broad SMARTS) is 1. The van der Waals surface area contributed by atoms with Gasteiger partial charge in [-0.25, -0.2) is 0 Å². The van der Waals surface area contributed by atoms with E-state index >= 15 is 0 Å². The molecule has 0 radical (unpaired) electrons. The monoisotopic (exact) mass is 272 g/mol. The van der Waals surface area contributed by atoms with Gasteiger partial charge in [0.1, 0.15) is 0 Å². The van der Waals surface area contributed by atoms with Crippen molar-refractivity contribution in [2.45, 2.75) is 19.3 Å². The molecule has 0 amide bonds. The molecule has 82 valence electrons. The van der Waals surface area contributed by atoms with Crippen LogP contribution in [0.2, 0.25) is 0 Å². The minimum absolute atomic E-state index is 0.122. The number of halogens is 1. The Bertz CT molecular complexity index is 363. The zero-order chi connectivity index (χ0) is 11.4. The van der Waals surface area contributed by atoms with Gasteiger partial charge in [0.2, 0.25) is 0 Å². The molecule has 0 aromatic heterocycles. The molecule has 15 heavy (non-hydrogen) atoms. The third-order valence-corrected chi connectivity index (χ3v) is 2.83. The topological polar surface area (TPSA) is 57.5 Å². The second-order valence-corrected chi connectivity index (χ2v) is 4.32. The van der Waals surface area contributed by atoms with Crippen LogP contribution in [0, 0.1) is 6.92 Å². The first-order chi connectivity index (χ1) is 7.06. The maximum Gasteiger partial charge on any atom is 0.311 e. The molecule has 4 heteroatoms. The van der Waals surface area contributed by atoms with Crippen molar-refractivity contribution < 1.29 is 15.0 Å². The van der Waals surface area contributed by atoms with E-state index in [1.165, 1.54) is 0 Å². The number of hydrogen-bond donors (Lipinski definition) is 2. The summed E-state index contributed by atoms with van der Waals surface area (Å²) < 4.78 is 0.854. The second-order valence-electron chi connectivity index (χ2n) is 3.40. The van der Waals surface area contributed by atoms with Crippen molar-refractivity contribution in [1.82, 2.24) is 0 Å². The largest absolute Gasteiger partial charge is 0.481 e. The van der Waals surface area contributed by atoms with Gasteiger partial charge in [0.15, 0.2) is 0 Å². The molecule has 0 saturated carbocycles. The summed E-state index contributed by atoms with van der Waals surface area (Å²) >= 11 is 3.31. The number of hydrogen-bond acceptors (Lipinski definition) is 2. The Balaban J connectivity index is 3.09. The minimum Gasteiger partial charge on any atom is -0.481 e. The molecule has 0 fully saturated rings. The van der Waals surface area contributed by atoms with Gasteiger partial charge in [-0.05, 0) is 36.6 Å². The molecular weight excluding hydrogens is 260 g/mol. The molecule has 0 spiro atoms. The van der Waals surface area contributed by atoms with Crippen molar-refractivity contribution in [3.63, 3.8) is 0 Å². The molecule has 1 aromatic carbocycles. The van der Waals surface area contributed by atoms with E-state index < -0.39 is 11.9 Å². The first-order valence-corrected chi connectivity index (χ1v) is 5.45. The SMILES string of the molecule is Cc1ccc(Br)cc1C(CCO)C(=O)O. The van der Waals surface area contributed by atoms with Gasteiger partial charge in [-0.1, -0.05) is 22.0 Å². The van der Waals surface area contributed by atoms with Crippen molar-refractivity contribution in [3.8, 4) is 0 Å². The molecular formula is C11H13BrO3. The lowest BCUT2D eigenvalue weighted by Gasteiger charge is -2.14. The second kappa shape index (κ2) is 5.28.